The predicted molar refractivity (Wildman–Crippen MR) is 86.4 cm³/mol. The lowest BCUT2D eigenvalue weighted by atomic mass is 10.2. The van der Waals surface area contributed by atoms with E-state index in [4.69, 9.17) is 9.84 Å². The van der Waals surface area contributed by atoms with Crippen molar-refractivity contribution >= 4 is 12.1 Å². The lowest BCUT2D eigenvalue weighted by molar-refractivity contribution is 0.0952. The first-order valence-corrected chi connectivity index (χ1v) is 7.12. The average Bonchev–Trinajstić information content (AvgIpc) is 2.54. The maximum atomic E-state index is 11.8. The monoisotopic (exact) mass is 314 g/mol. The predicted octanol–water partition coefficient (Wildman–Crippen LogP) is 2.42. The van der Waals surface area contributed by atoms with Crippen LogP contribution in [0.3, 0.4) is 0 Å². The van der Waals surface area contributed by atoms with Crippen LogP contribution >= 0.6 is 0 Å². The lowest BCUT2D eigenvalue weighted by Gasteiger charge is -2.03. The molecule has 0 heterocycles. The van der Waals surface area contributed by atoms with E-state index in [2.05, 4.69) is 10.5 Å². The zero-order valence-electron chi connectivity index (χ0n) is 12.5. The van der Waals surface area contributed by atoms with Gasteiger partial charge < -0.3 is 14.9 Å². The van der Waals surface area contributed by atoms with E-state index in [1.54, 1.807) is 0 Å². The van der Waals surface area contributed by atoms with Crippen molar-refractivity contribution in [1.82, 2.24) is 5.43 Å². The summed E-state index contributed by atoms with van der Waals surface area (Å²) in [6.07, 6.45) is 2.08. The van der Waals surface area contributed by atoms with E-state index < -0.39 is 5.91 Å². The van der Waals surface area contributed by atoms with Gasteiger partial charge in [0.05, 0.1) is 18.8 Å². The molecule has 0 aliphatic heterocycles. The maximum Gasteiger partial charge on any atom is 0.275 e. The van der Waals surface area contributed by atoms with Crippen molar-refractivity contribution in [3.63, 3.8) is 0 Å². The van der Waals surface area contributed by atoms with Crippen LogP contribution in [0.1, 0.15) is 22.3 Å². The minimum Gasteiger partial charge on any atom is -0.508 e. The van der Waals surface area contributed by atoms with Gasteiger partial charge in [-0.1, -0.05) is 30.3 Å². The molecule has 0 saturated heterocycles. The molecule has 1 amide bonds. The Kier molecular flexibility index (Phi) is 6.14. The third kappa shape index (κ3) is 5.44. The molecule has 0 saturated carbocycles. The topological polar surface area (TPSA) is 91.2 Å². The van der Waals surface area contributed by atoms with E-state index in [-0.39, 0.29) is 17.1 Å². The van der Waals surface area contributed by atoms with Crippen molar-refractivity contribution in [1.29, 1.82) is 0 Å². The molecule has 120 valence electrons. The highest BCUT2D eigenvalue weighted by molar-refractivity contribution is 5.97. The third-order valence-electron chi connectivity index (χ3n) is 2.99. The summed E-state index contributed by atoms with van der Waals surface area (Å²) < 4.78 is 5.47. The van der Waals surface area contributed by atoms with Crippen molar-refractivity contribution in [2.24, 2.45) is 5.10 Å². The fourth-order valence-corrected chi connectivity index (χ4v) is 1.84. The Morgan fingerprint density at radius 3 is 2.70 bits per heavy atom. The van der Waals surface area contributed by atoms with Gasteiger partial charge in [-0.2, -0.15) is 5.10 Å². The number of ether oxygens (including phenoxy) is 1. The Morgan fingerprint density at radius 1 is 1.17 bits per heavy atom. The standard InChI is InChI=1S/C17H18N2O4/c20-14-7-8-15(16(21)11-14)17(22)19-18-9-4-10-23-12-13-5-2-1-3-6-13/h1-3,5-9,11,20-21H,4,10,12H2,(H,19,22)/b18-9+. The summed E-state index contributed by atoms with van der Waals surface area (Å²) in [4.78, 5) is 11.8. The Hall–Kier alpha value is -2.86. The third-order valence-corrected chi connectivity index (χ3v) is 2.99. The highest BCUT2D eigenvalue weighted by Crippen LogP contribution is 2.22. The van der Waals surface area contributed by atoms with Gasteiger partial charge in [-0.05, 0) is 17.7 Å². The Bertz CT molecular complexity index is 672. The van der Waals surface area contributed by atoms with E-state index in [1.807, 2.05) is 30.3 Å². The molecule has 0 radical (unpaired) electrons. The second-order valence-electron chi connectivity index (χ2n) is 4.78. The normalized spacial score (nSPS) is 10.8. The molecular formula is C17H18N2O4. The summed E-state index contributed by atoms with van der Waals surface area (Å²) in [6.45, 7) is 1.02. The van der Waals surface area contributed by atoms with E-state index in [0.717, 1.165) is 11.6 Å². The number of benzene rings is 2. The average molecular weight is 314 g/mol. The summed E-state index contributed by atoms with van der Waals surface area (Å²) in [5.41, 5.74) is 3.44. The van der Waals surface area contributed by atoms with E-state index in [0.29, 0.717) is 19.6 Å². The maximum absolute atomic E-state index is 11.8. The number of hydrogen-bond acceptors (Lipinski definition) is 5. The van der Waals surface area contributed by atoms with Crippen molar-refractivity contribution in [2.45, 2.75) is 13.0 Å². The molecule has 0 aliphatic rings. The van der Waals surface area contributed by atoms with Crippen LogP contribution in [-0.2, 0) is 11.3 Å². The summed E-state index contributed by atoms with van der Waals surface area (Å²) >= 11 is 0. The van der Waals surface area contributed by atoms with Crippen molar-refractivity contribution in [2.75, 3.05) is 6.61 Å². The summed E-state index contributed by atoms with van der Waals surface area (Å²) in [5.74, 6) is -0.967. The van der Waals surface area contributed by atoms with Gasteiger partial charge in [-0.25, -0.2) is 5.43 Å². The van der Waals surface area contributed by atoms with Gasteiger partial charge in [0.1, 0.15) is 11.5 Å². The van der Waals surface area contributed by atoms with Crippen LogP contribution < -0.4 is 5.43 Å². The van der Waals surface area contributed by atoms with Crippen molar-refractivity contribution in [3.8, 4) is 11.5 Å². The number of hydrazone groups is 1. The first-order valence-electron chi connectivity index (χ1n) is 7.12. The van der Waals surface area contributed by atoms with Crippen LogP contribution in [0.5, 0.6) is 11.5 Å². The molecule has 0 unspecified atom stereocenters. The van der Waals surface area contributed by atoms with Crippen LogP contribution in [0, 0.1) is 0 Å². The fourth-order valence-electron chi connectivity index (χ4n) is 1.84. The Morgan fingerprint density at radius 2 is 1.96 bits per heavy atom. The molecule has 0 spiro atoms. The molecule has 0 bridgehead atoms. The summed E-state index contributed by atoms with van der Waals surface area (Å²) in [5, 5.41) is 22.5. The van der Waals surface area contributed by atoms with Gasteiger partial charge in [0, 0.05) is 18.7 Å². The van der Waals surface area contributed by atoms with E-state index in [9.17, 15) is 9.90 Å². The molecule has 6 nitrogen and oxygen atoms in total. The number of nitrogens with one attached hydrogen (secondary N) is 1. The molecule has 2 aromatic rings. The van der Waals surface area contributed by atoms with Crippen molar-refractivity contribution < 1.29 is 19.7 Å². The van der Waals surface area contributed by atoms with Gasteiger partial charge in [-0.15, -0.1) is 0 Å². The molecule has 3 N–H and O–H groups in total. The number of aromatic hydroxyl groups is 2. The van der Waals surface area contributed by atoms with Gasteiger partial charge in [-0.3, -0.25) is 4.79 Å². The number of phenols is 2. The Labute approximate surface area is 134 Å². The number of hydrogen-bond donors (Lipinski definition) is 3. The number of amides is 1. The molecule has 23 heavy (non-hydrogen) atoms. The first kappa shape index (κ1) is 16.5. The molecule has 0 fully saturated rings. The van der Waals surface area contributed by atoms with Crippen molar-refractivity contribution in [3.05, 3.63) is 59.7 Å². The van der Waals surface area contributed by atoms with Crippen LogP contribution in [-0.4, -0.2) is 28.9 Å². The SMILES string of the molecule is O=C(N/N=C/CCOCc1ccccc1)c1ccc(O)cc1O. The minimum absolute atomic E-state index is 0.0419. The quantitative estimate of drug-likeness (QED) is 0.416. The Balaban J connectivity index is 1.67. The minimum atomic E-state index is -0.552. The number of carbonyl (C=O) groups excluding carboxylic acids is 1. The van der Waals surface area contributed by atoms with E-state index in [1.165, 1.54) is 18.3 Å². The molecule has 0 aliphatic carbocycles. The van der Waals surface area contributed by atoms with E-state index >= 15 is 0 Å². The summed E-state index contributed by atoms with van der Waals surface area (Å²) in [6, 6.07) is 13.6. The molecule has 6 heteroatoms. The molecular weight excluding hydrogens is 296 g/mol. The van der Waals surface area contributed by atoms with Crippen LogP contribution in [0.4, 0.5) is 0 Å². The zero-order chi connectivity index (χ0) is 16.5. The smallest absolute Gasteiger partial charge is 0.275 e. The molecule has 0 atom stereocenters. The second-order valence-corrected chi connectivity index (χ2v) is 4.78. The first-order chi connectivity index (χ1) is 11.2. The number of carbonyl (C=O) groups is 1. The highest BCUT2D eigenvalue weighted by atomic mass is 16.5. The van der Waals surface area contributed by atoms with Gasteiger partial charge in [0.2, 0.25) is 0 Å². The molecule has 2 aromatic carbocycles. The highest BCUT2D eigenvalue weighted by Gasteiger charge is 2.10. The summed E-state index contributed by atoms with van der Waals surface area (Å²) in [7, 11) is 0. The largest absolute Gasteiger partial charge is 0.508 e. The number of rotatable bonds is 7. The van der Waals surface area contributed by atoms with Gasteiger partial charge >= 0.3 is 0 Å². The molecule has 0 aromatic heterocycles. The fraction of sp³-hybridized carbons (Fsp3) is 0.176. The lowest BCUT2D eigenvalue weighted by Crippen LogP contribution is -2.17. The zero-order valence-corrected chi connectivity index (χ0v) is 12.5. The van der Waals surface area contributed by atoms with Gasteiger partial charge in [0.25, 0.3) is 5.91 Å². The van der Waals surface area contributed by atoms with Gasteiger partial charge in [0.15, 0.2) is 0 Å². The van der Waals surface area contributed by atoms with Crippen LogP contribution in [0.25, 0.3) is 0 Å². The number of nitrogens with zero attached hydrogens (tertiary/aromatic N) is 1. The second kappa shape index (κ2) is 8.55. The number of phenolic OH excluding ortho intramolecular Hbond substituents is 2. The van der Waals surface area contributed by atoms with Crippen LogP contribution in [0.15, 0.2) is 53.6 Å². The molecule has 2 rings (SSSR count). The van der Waals surface area contributed by atoms with Crippen LogP contribution in [0.2, 0.25) is 0 Å².